The van der Waals surface area contributed by atoms with Gasteiger partial charge in [-0.2, -0.15) is 0 Å². The molecular formula is C54H76N6O5S2Si. The van der Waals surface area contributed by atoms with Crippen LogP contribution in [-0.2, 0) is 20.4 Å². The highest BCUT2D eigenvalue weighted by molar-refractivity contribution is 7.20. The Morgan fingerprint density at radius 1 is 0.676 bits per heavy atom. The summed E-state index contributed by atoms with van der Waals surface area (Å²) >= 11 is 3.19. The number of nitrogens with zero attached hydrogens (tertiary/aromatic N) is 4. The number of aryl methyl sites for hydroxylation is 4. The number of hydrogen-bond donors (Lipinski definition) is 5. The maximum atomic E-state index is 11.7. The highest BCUT2D eigenvalue weighted by Gasteiger charge is 2.43. The molecule has 11 nitrogen and oxygen atoms in total. The number of rotatable bonds is 10. The third-order valence-corrected chi connectivity index (χ3v) is 21.5. The van der Waals surface area contributed by atoms with E-state index in [2.05, 4.69) is 137 Å². The van der Waals surface area contributed by atoms with Crippen LogP contribution in [-0.4, -0.2) is 69.0 Å². The minimum absolute atomic E-state index is 0.107. The quantitative estimate of drug-likeness (QED) is 0.0833. The highest BCUT2D eigenvalue weighted by Crippen LogP contribution is 2.47. The van der Waals surface area contributed by atoms with E-state index >= 15 is 0 Å². The Morgan fingerprint density at radius 3 is 1.49 bits per heavy atom. The summed E-state index contributed by atoms with van der Waals surface area (Å²) in [4.78, 5) is 20.6. The summed E-state index contributed by atoms with van der Waals surface area (Å²) in [5.74, 6) is 3.10. The van der Waals surface area contributed by atoms with Crippen molar-refractivity contribution in [3.05, 3.63) is 104 Å². The van der Waals surface area contributed by atoms with E-state index in [1.54, 1.807) is 22.7 Å². The van der Waals surface area contributed by atoms with Gasteiger partial charge in [-0.1, -0.05) is 80.4 Å². The number of thiophene rings is 2. The first-order valence-corrected chi connectivity index (χ1v) is 29.3. The van der Waals surface area contributed by atoms with Gasteiger partial charge in [-0.25, -0.2) is 19.9 Å². The van der Waals surface area contributed by atoms with Crippen molar-refractivity contribution in [1.82, 2.24) is 19.9 Å². The summed E-state index contributed by atoms with van der Waals surface area (Å²) in [5.41, 5.74) is 4.98. The van der Waals surface area contributed by atoms with E-state index < -0.39 is 19.5 Å². The Kier molecular flexibility index (Phi) is 16.5. The fourth-order valence-electron chi connectivity index (χ4n) is 9.07. The number of ether oxygens (including phenoxy) is 1. The second kappa shape index (κ2) is 21.6. The van der Waals surface area contributed by atoms with Gasteiger partial charge in [-0.15, -0.1) is 22.7 Å². The van der Waals surface area contributed by atoms with Crippen molar-refractivity contribution in [2.24, 2.45) is 0 Å². The monoisotopic (exact) mass is 981 g/mol. The molecule has 368 valence electrons. The predicted molar refractivity (Wildman–Crippen MR) is 284 cm³/mol. The van der Waals surface area contributed by atoms with E-state index in [9.17, 15) is 15.3 Å². The highest BCUT2D eigenvalue weighted by atomic mass is 32.1. The van der Waals surface area contributed by atoms with Gasteiger partial charge >= 0.3 is 0 Å². The average molecular weight is 981 g/mol. The molecule has 2 saturated carbocycles. The zero-order valence-electron chi connectivity index (χ0n) is 42.3. The molecule has 6 aromatic rings. The average Bonchev–Trinajstić information content (AvgIpc) is 4.09. The lowest BCUT2D eigenvalue weighted by Crippen LogP contribution is -2.46. The van der Waals surface area contributed by atoms with Crippen LogP contribution >= 0.6 is 22.7 Å². The van der Waals surface area contributed by atoms with E-state index in [0.29, 0.717) is 44.3 Å². The molecule has 3 fully saturated rings. The van der Waals surface area contributed by atoms with Crippen LogP contribution in [0.1, 0.15) is 155 Å². The van der Waals surface area contributed by atoms with Crippen LogP contribution in [0.25, 0.3) is 20.4 Å². The number of anilines is 2. The molecular weight excluding hydrogens is 905 g/mol. The number of fused-ring (bicyclic) bond motifs is 2. The SMILES string of the molecule is C1CCOC1.Cc1cccc([C@@H](C)Nc2nc(C)nc3cc(C4(O)CCC(O)CC4)sc23)c1.Cc1cccc([C@@H](C)Nc2nc(C)nc3cc(C4(O)CCC(O[Si](C)(C)C(C)(C)C)CC4)sc23)c1. The molecule has 5 heterocycles. The van der Waals surface area contributed by atoms with E-state index in [4.69, 9.17) is 19.1 Å². The van der Waals surface area contributed by atoms with Crippen molar-refractivity contribution in [3.63, 3.8) is 0 Å². The van der Waals surface area contributed by atoms with Crippen LogP contribution in [0.15, 0.2) is 60.7 Å². The summed E-state index contributed by atoms with van der Waals surface area (Å²) in [7, 11) is -1.81. The first-order valence-electron chi connectivity index (χ1n) is 24.7. The van der Waals surface area contributed by atoms with Gasteiger partial charge in [0.05, 0.1) is 37.7 Å². The molecule has 0 spiro atoms. The summed E-state index contributed by atoms with van der Waals surface area (Å²) in [6.07, 6.45) is 8.11. The van der Waals surface area contributed by atoms with E-state index in [-0.39, 0.29) is 29.3 Å². The maximum Gasteiger partial charge on any atom is 0.192 e. The van der Waals surface area contributed by atoms with Crippen LogP contribution in [0, 0.1) is 27.7 Å². The second-order valence-corrected chi connectivity index (χ2v) is 28.0. The Bertz CT molecular complexity index is 2620. The lowest BCUT2D eigenvalue weighted by molar-refractivity contribution is -0.0334. The van der Waals surface area contributed by atoms with Gasteiger partial charge < -0.3 is 35.1 Å². The molecule has 1 saturated heterocycles. The molecule has 5 N–H and O–H groups in total. The zero-order chi connectivity index (χ0) is 49.0. The molecule has 3 aliphatic rings. The molecule has 0 bridgehead atoms. The Balaban J connectivity index is 0.000000186. The second-order valence-electron chi connectivity index (χ2n) is 21.1. The van der Waals surface area contributed by atoms with Crippen LogP contribution in [0.4, 0.5) is 11.6 Å². The molecule has 14 heteroatoms. The number of nitrogens with one attached hydrogen (secondary N) is 2. The largest absolute Gasteiger partial charge is 0.414 e. The Hall–Kier alpha value is -3.86. The number of aliphatic hydroxyl groups is 3. The number of aliphatic hydroxyl groups excluding tert-OH is 1. The molecule has 4 aromatic heterocycles. The Morgan fingerprint density at radius 2 is 1.10 bits per heavy atom. The molecule has 0 unspecified atom stereocenters. The molecule has 0 amide bonds. The molecule has 1 aliphatic heterocycles. The normalized spacial score (nSPS) is 23.0. The molecule has 9 rings (SSSR count). The van der Waals surface area contributed by atoms with Crippen molar-refractivity contribution < 1.29 is 24.5 Å². The van der Waals surface area contributed by atoms with Gasteiger partial charge in [0.2, 0.25) is 0 Å². The van der Waals surface area contributed by atoms with E-state index in [1.807, 2.05) is 19.9 Å². The molecule has 2 aliphatic carbocycles. The van der Waals surface area contributed by atoms with Crippen molar-refractivity contribution >= 4 is 63.1 Å². The lowest BCUT2D eigenvalue weighted by Gasteiger charge is -2.43. The molecule has 0 radical (unpaired) electrons. The van der Waals surface area contributed by atoms with Gasteiger partial charge in [0.15, 0.2) is 8.32 Å². The van der Waals surface area contributed by atoms with Gasteiger partial charge in [0.25, 0.3) is 0 Å². The third kappa shape index (κ3) is 12.7. The fraction of sp³-hybridized carbons (Fsp3) is 0.556. The van der Waals surface area contributed by atoms with Crippen molar-refractivity contribution in [1.29, 1.82) is 0 Å². The first-order chi connectivity index (χ1) is 32.1. The van der Waals surface area contributed by atoms with Gasteiger partial charge in [-0.3, -0.25) is 0 Å². The number of aromatic nitrogens is 4. The number of hydrogen-bond acceptors (Lipinski definition) is 13. The third-order valence-electron chi connectivity index (χ3n) is 14.3. The van der Waals surface area contributed by atoms with Gasteiger partial charge in [0, 0.05) is 41.2 Å². The van der Waals surface area contributed by atoms with E-state index in [0.717, 1.165) is 73.7 Å². The van der Waals surface area contributed by atoms with Crippen LogP contribution in [0.2, 0.25) is 18.1 Å². The summed E-state index contributed by atoms with van der Waals surface area (Å²) < 4.78 is 13.6. The zero-order valence-corrected chi connectivity index (χ0v) is 45.0. The summed E-state index contributed by atoms with van der Waals surface area (Å²) in [6.45, 7) is 25.8. The fourth-order valence-corrected chi connectivity index (χ4v) is 12.9. The first kappa shape index (κ1) is 52.0. The van der Waals surface area contributed by atoms with Crippen molar-refractivity contribution in [2.45, 2.75) is 180 Å². The smallest absolute Gasteiger partial charge is 0.192 e. The topological polar surface area (TPSA) is 155 Å². The maximum absolute atomic E-state index is 11.7. The van der Waals surface area contributed by atoms with Crippen molar-refractivity contribution in [3.8, 4) is 0 Å². The summed E-state index contributed by atoms with van der Waals surface area (Å²) in [6, 6.07) is 21.3. The molecule has 2 atom stereocenters. The Labute approximate surface area is 413 Å². The van der Waals surface area contributed by atoms with Crippen LogP contribution in [0.3, 0.4) is 0 Å². The van der Waals surface area contributed by atoms with Gasteiger partial charge in [0.1, 0.15) is 23.3 Å². The molecule has 2 aromatic carbocycles. The minimum atomic E-state index is -1.81. The standard InChI is InChI=1S/C28H41N3O2SSi.C22H27N3O2S.C4H8O/c1-18-10-9-11-21(16-18)19(2)29-26-25-23(30-20(3)31-26)17-24(34-25)28(32)14-12-22(13-15-28)33-35(7,8)27(4,5)6;1-13-5-4-6-16(11-13)14(2)23-21-20-18(24-15(3)25-21)12-19(28-20)22(27)9-7-17(26)8-10-22;1-2-4-5-3-1/h9-11,16-17,19,22,32H,12-15H2,1-8H3,(H,29,30,31);4-6,11-12,14,17,26-27H,7-10H2,1-3H3,(H,23,24,25);1-4H2/t19-,22?,28?;14-,17?,22?;/m11./s1. The van der Waals surface area contributed by atoms with Crippen LogP contribution < -0.4 is 10.6 Å². The lowest BCUT2D eigenvalue weighted by atomic mass is 9.82. The minimum Gasteiger partial charge on any atom is -0.414 e. The van der Waals surface area contributed by atoms with Crippen molar-refractivity contribution in [2.75, 3.05) is 23.8 Å². The van der Waals surface area contributed by atoms with Gasteiger partial charge in [-0.05, 0) is 147 Å². The predicted octanol–water partition coefficient (Wildman–Crippen LogP) is 13.0. The number of benzene rings is 2. The molecule has 68 heavy (non-hydrogen) atoms. The van der Waals surface area contributed by atoms with E-state index in [1.165, 1.54) is 35.1 Å². The van der Waals surface area contributed by atoms with Crippen LogP contribution in [0.5, 0.6) is 0 Å². The summed E-state index contributed by atoms with van der Waals surface area (Å²) in [5, 5.41) is 40.0.